The monoisotopic (exact) mass is 584 g/mol. The van der Waals surface area contributed by atoms with Gasteiger partial charge in [-0.3, -0.25) is 9.59 Å². The van der Waals surface area contributed by atoms with Gasteiger partial charge in [-0.2, -0.15) is 18.3 Å². The van der Waals surface area contributed by atoms with Crippen LogP contribution in [0.15, 0.2) is 67.1 Å². The zero-order chi connectivity index (χ0) is 29.1. The number of anilines is 1. The number of nitrogens with one attached hydrogen (secondary N) is 2. The van der Waals surface area contributed by atoms with Crippen molar-refractivity contribution in [3.8, 4) is 11.1 Å². The van der Waals surface area contributed by atoms with E-state index in [1.54, 1.807) is 6.07 Å². The van der Waals surface area contributed by atoms with Crippen LogP contribution < -0.4 is 10.6 Å². The number of carbonyl (C=O) groups is 2. The van der Waals surface area contributed by atoms with Gasteiger partial charge in [0.1, 0.15) is 18.0 Å². The molecule has 0 unspecified atom stereocenters. The van der Waals surface area contributed by atoms with Crippen LogP contribution in [-0.2, 0) is 6.18 Å². The van der Waals surface area contributed by atoms with E-state index in [-0.39, 0.29) is 33.5 Å². The Bertz CT molecular complexity index is 1890. The first-order chi connectivity index (χ1) is 19.5. The number of benzene rings is 3. The number of aromatic nitrogens is 4. The highest BCUT2D eigenvalue weighted by molar-refractivity contribution is 6.31. The van der Waals surface area contributed by atoms with Crippen LogP contribution in [0.25, 0.3) is 16.8 Å². The van der Waals surface area contributed by atoms with Crippen LogP contribution in [0.1, 0.15) is 43.4 Å². The molecule has 3 heterocycles. The molecule has 6 rings (SSSR count). The highest BCUT2D eigenvalue weighted by Gasteiger charge is 2.36. The molecule has 5 aromatic rings. The Labute approximate surface area is 231 Å². The van der Waals surface area contributed by atoms with E-state index in [0.717, 1.165) is 12.1 Å². The van der Waals surface area contributed by atoms with Crippen LogP contribution in [0.2, 0.25) is 5.02 Å². The summed E-state index contributed by atoms with van der Waals surface area (Å²) in [5.74, 6) is -3.56. The lowest BCUT2D eigenvalue weighted by Gasteiger charge is -2.19. The van der Waals surface area contributed by atoms with Gasteiger partial charge < -0.3 is 10.6 Å². The predicted octanol–water partition coefficient (Wildman–Crippen LogP) is 5.83. The van der Waals surface area contributed by atoms with Crippen molar-refractivity contribution in [3.63, 3.8) is 0 Å². The number of hydrogen-bond donors (Lipinski definition) is 2. The van der Waals surface area contributed by atoms with Gasteiger partial charge in [0.25, 0.3) is 11.8 Å². The summed E-state index contributed by atoms with van der Waals surface area (Å²) < 4.78 is 69.4. The Morgan fingerprint density at radius 3 is 2.56 bits per heavy atom. The quantitative estimate of drug-likeness (QED) is 0.259. The minimum atomic E-state index is -4.90. The molecule has 14 heteroatoms. The van der Waals surface area contributed by atoms with Crippen molar-refractivity contribution in [1.29, 1.82) is 0 Å². The summed E-state index contributed by atoms with van der Waals surface area (Å²) in [7, 11) is 0. The van der Waals surface area contributed by atoms with E-state index < -0.39 is 46.8 Å². The molecule has 2 amide bonds. The molecule has 41 heavy (non-hydrogen) atoms. The molecule has 1 atom stereocenters. The molecule has 206 valence electrons. The summed E-state index contributed by atoms with van der Waals surface area (Å²) >= 11 is 6.32. The third-order valence-corrected chi connectivity index (χ3v) is 6.82. The van der Waals surface area contributed by atoms with E-state index in [1.165, 1.54) is 35.4 Å². The van der Waals surface area contributed by atoms with Gasteiger partial charge in [0.2, 0.25) is 0 Å². The second kappa shape index (κ2) is 9.63. The van der Waals surface area contributed by atoms with Gasteiger partial charge in [0.05, 0.1) is 17.8 Å². The number of alkyl halides is 3. The van der Waals surface area contributed by atoms with E-state index >= 15 is 0 Å². The van der Waals surface area contributed by atoms with Gasteiger partial charge in [-0.15, -0.1) is 9.73 Å². The van der Waals surface area contributed by atoms with Crippen molar-refractivity contribution < 1.29 is 31.5 Å². The first-order valence-electron chi connectivity index (χ1n) is 11.8. The van der Waals surface area contributed by atoms with Gasteiger partial charge >= 0.3 is 6.18 Å². The molecule has 2 aromatic heterocycles. The Morgan fingerprint density at radius 2 is 1.78 bits per heavy atom. The van der Waals surface area contributed by atoms with Crippen molar-refractivity contribution in [3.05, 3.63) is 112 Å². The van der Waals surface area contributed by atoms with Crippen LogP contribution in [0, 0.1) is 11.6 Å². The van der Waals surface area contributed by atoms with E-state index in [2.05, 4.69) is 25.8 Å². The number of hydrogen-bond acceptors (Lipinski definition) is 5. The summed E-state index contributed by atoms with van der Waals surface area (Å²) in [5, 5.41) is 13.4. The average Bonchev–Trinajstić information content (AvgIpc) is 3.53. The molecule has 0 spiro atoms. The van der Waals surface area contributed by atoms with E-state index in [1.807, 2.05) is 0 Å². The predicted molar refractivity (Wildman–Crippen MR) is 136 cm³/mol. The minimum Gasteiger partial charge on any atom is -0.341 e. The fourth-order valence-electron chi connectivity index (χ4n) is 4.63. The molecule has 0 saturated heterocycles. The van der Waals surface area contributed by atoms with Gasteiger partial charge in [0, 0.05) is 38.5 Å². The lowest BCUT2D eigenvalue weighted by molar-refractivity contribution is -0.137. The van der Waals surface area contributed by atoms with Crippen molar-refractivity contribution in [2.45, 2.75) is 12.2 Å². The fourth-order valence-corrected chi connectivity index (χ4v) is 4.86. The number of rotatable bonds is 4. The largest absolute Gasteiger partial charge is 0.416 e. The maximum Gasteiger partial charge on any atom is 0.416 e. The fraction of sp³-hybridized carbons (Fsp3) is 0.0741. The van der Waals surface area contributed by atoms with Gasteiger partial charge in [-0.05, 0) is 60.2 Å². The van der Waals surface area contributed by atoms with E-state index in [4.69, 9.17) is 11.6 Å². The molecule has 0 aliphatic carbocycles. The Balaban J connectivity index is 1.51. The average molecular weight is 585 g/mol. The highest BCUT2D eigenvalue weighted by atomic mass is 35.5. The third-order valence-electron chi connectivity index (χ3n) is 6.47. The number of nitrogens with zero attached hydrogens (tertiary/aromatic N) is 4. The molecule has 1 aliphatic rings. The standard InChI is InChI=1S/C27H14ClF5N6O2/c28-20-2-1-16(29)9-18(20)24-23-19(26(41)38-24)5-12(14-7-22-34-11-36-39(22)35-10-14)6-21(23)37-25(40)13-3-15(27(31,32)33)8-17(30)4-13/h1-11,24H,(H,37,40)(H,38,41)/t24-/m0/s1. The minimum absolute atomic E-state index is 0.00895. The van der Waals surface area contributed by atoms with E-state index in [9.17, 15) is 31.5 Å². The topological polar surface area (TPSA) is 101 Å². The highest BCUT2D eigenvalue weighted by Crippen LogP contribution is 2.42. The molecule has 0 bridgehead atoms. The molecule has 0 fully saturated rings. The van der Waals surface area contributed by atoms with Gasteiger partial charge in [-0.25, -0.2) is 13.8 Å². The molecule has 0 radical (unpaired) electrons. The lowest BCUT2D eigenvalue weighted by Crippen LogP contribution is -2.21. The molecule has 2 N–H and O–H groups in total. The van der Waals surface area contributed by atoms with Crippen LogP contribution in [0.5, 0.6) is 0 Å². The van der Waals surface area contributed by atoms with Crippen LogP contribution >= 0.6 is 11.6 Å². The Hall–Kier alpha value is -4.91. The number of halogens is 6. The number of amides is 2. The molecule has 3 aromatic carbocycles. The smallest absolute Gasteiger partial charge is 0.341 e. The second-order valence-electron chi connectivity index (χ2n) is 9.09. The van der Waals surface area contributed by atoms with Crippen molar-refractivity contribution in [2.75, 3.05) is 5.32 Å². The van der Waals surface area contributed by atoms with Gasteiger partial charge in [-0.1, -0.05) is 11.6 Å². The van der Waals surface area contributed by atoms with Gasteiger partial charge in [0.15, 0.2) is 5.65 Å². The van der Waals surface area contributed by atoms with Crippen molar-refractivity contribution >= 4 is 34.7 Å². The summed E-state index contributed by atoms with van der Waals surface area (Å²) in [6.07, 6.45) is -2.18. The summed E-state index contributed by atoms with van der Waals surface area (Å²) in [4.78, 5) is 30.4. The lowest BCUT2D eigenvalue weighted by atomic mass is 9.93. The summed E-state index contributed by atoms with van der Waals surface area (Å²) in [6.45, 7) is 0. The second-order valence-corrected chi connectivity index (χ2v) is 9.50. The van der Waals surface area contributed by atoms with Crippen LogP contribution in [-0.4, -0.2) is 31.6 Å². The SMILES string of the molecule is O=C(Nc1cc(-c2cnn3ncnc3c2)cc2c1[C@H](c1cc(F)ccc1Cl)NC2=O)c1cc(F)cc(C(F)(F)F)c1. The molecule has 1 aliphatic heterocycles. The van der Waals surface area contributed by atoms with Crippen molar-refractivity contribution in [2.24, 2.45) is 0 Å². The number of fused-ring (bicyclic) bond motifs is 2. The molecule has 8 nitrogen and oxygen atoms in total. The molecule has 0 saturated carbocycles. The molecular formula is C27H14ClF5N6O2. The normalized spacial score (nSPS) is 14.7. The van der Waals surface area contributed by atoms with E-state index in [0.29, 0.717) is 28.9 Å². The van der Waals surface area contributed by atoms with Crippen LogP contribution in [0.3, 0.4) is 0 Å². The van der Waals surface area contributed by atoms with Crippen molar-refractivity contribution in [1.82, 2.24) is 25.1 Å². The zero-order valence-electron chi connectivity index (χ0n) is 20.3. The maximum atomic E-state index is 14.2. The zero-order valence-corrected chi connectivity index (χ0v) is 21.1. The first-order valence-corrected chi connectivity index (χ1v) is 12.1. The maximum absolute atomic E-state index is 14.2. The summed E-state index contributed by atoms with van der Waals surface area (Å²) in [6, 6.07) is 8.55. The third kappa shape index (κ3) is 4.84. The van der Waals surface area contributed by atoms with Crippen LogP contribution in [0.4, 0.5) is 27.6 Å². The Morgan fingerprint density at radius 1 is 0.976 bits per heavy atom. The summed E-state index contributed by atoms with van der Waals surface area (Å²) in [5.41, 5.74) is -0.298. The molecular weight excluding hydrogens is 571 g/mol. The first kappa shape index (κ1) is 26.3. The number of carbonyl (C=O) groups excluding carboxylic acids is 2. The Kier molecular flexibility index (Phi) is 6.18.